The molecule has 2 aromatic carbocycles. The van der Waals surface area contributed by atoms with Gasteiger partial charge < -0.3 is 10.1 Å². The van der Waals surface area contributed by atoms with Gasteiger partial charge in [-0.15, -0.1) is 0 Å². The minimum absolute atomic E-state index is 0.788. The zero-order valence-electron chi connectivity index (χ0n) is 12.4. The van der Waals surface area contributed by atoms with Crippen LogP contribution in [0.5, 0.6) is 5.75 Å². The third kappa shape index (κ3) is 4.33. The van der Waals surface area contributed by atoms with Crippen molar-refractivity contribution in [2.24, 2.45) is 0 Å². The van der Waals surface area contributed by atoms with E-state index in [0.717, 1.165) is 31.4 Å². The Labute approximate surface area is 127 Å². The Kier molecular flexibility index (Phi) is 4.90. The number of hydrogen-bond donors (Lipinski definition) is 1. The maximum Gasteiger partial charge on any atom is 0.127 e. The highest BCUT2D eigenvalue weighted by Crippen LogP contribution is 2.29. The molecule has 2 aromatic rings. The topological polar surface area (TPSA) is 21.3 Å². The zero-order chi connectivity index (χ0) is 14.3. The number of unbranched alkanes of at least 4 members (excludes halogenated alkanes) is 1. The van der Waals surface area contributed by atoms with Gasteiger partial charge in [0.05, 0.1) is 6.61 Å². The molecule has 110 valence electrons. The van der Waals surface area contributed by atoms with Crippen LogP contribution in [-0.2, 0) is 0 Å². The van der Waals surface area contributed by atoms with Crippen LogP contribution in [0.4, 0.5) is 0 Å². The third-order valence-corrected chi connectivity index (χ3v) is 3.81. The monoisotopic (exact) mass is 281 g/mol. The second-order valence-electron chi connectivity index (χ2n) is 5.65. The van der Waals surface area contributed by atoms with Crippen molar-refractivity contribution in [1.29, 1.82) is 0 Å². The van der Waals surface area contributed by atoms with Crippen LogP contribution in [0.3, 0.4) is 0 Å². The van der Waals surface area contributed by atoms with Crippen LogP contribution in [0.2, 0.25) is 0 Å². The standard InChI is InChI=1S/C19H23NO/c1-2-8-16(9-3-1)18-10-4-5-11-19(18)21-15-7-6-14-20-17-12-13-17/h1-5,8-11,17,20H,6-7,12-15H2. The fourth-order valence-electron chi connectivity index (χ4n) is 2.45. The summed E-state index contributed by atoms with van der Waals surface area (Å²) in [5, 5.41) is 3.54. The van der Waals surface area contributed by atoms with Crippen molar-refractivity contribution in [1.82, 2.24) is 5.32 Å². The predicted molar refractivity (Wildman–Crippen MR) is 87.6 cm³/mol. The molecule has 1 aliphatic carbocycles. The van der Waals surface area contributed by atoms with E-state index in [1.165, 1.54) is 30.4 Å². The first-order chi connectivity index (χ1) is 10.4. The van der Waals surface area contributed by atoms with Gasteiger partial charge in [-0.1, -0.05) is 48.5 Å². The van der Waals surface area contributed by atoms with Gasteiger partial charge in [-0.2, -0.15) is 0 Å². The molecule has 0 aliphatic heterocycles. The molecule has 0 saturated heterocycles. The number of ether oxygens (including phenoxy) is 1. The van der Waals surface area contributed by atoms with E-state index >= 15 is 0 Å². The number of nitrogens with one attached hydrogen (secondary N) is 1. The molecule has 3 rings (SSSR count). The molecule has 1 saturated carbocycles. The predicted octanol–water partition coefficient (Wildman–Crippen LogP) is 4.26. The lowest BCUT2D eigenvalue weighted by Gasteiger charge is -2.11. The number of para-hydroxylation sites is 1. The molecule has 0 atom stereocenters. The van der Waals surface area contributed by atoms with Crippen molar-refractivity contribution in [3.05, 3.63) is 54.6 Å². The van der Waals surface area contributed by atoms with E-state index in [9.17, 15) is 0 Å². The van der Waals surface area contributed by atoms with Crippen LogP contribution in [-0.4, -0.2) is 19.2 Å². The van der Waals surface area contributed by atoms with E-state index in [4.69, 9.17) is 4.74 Å². The lowest BCUT2D eigenvalue weighted by Crippen LogP contribution is -2.17. The van der Waals surface area contributed by atoms with E-state index in [1.807, 2.05) is 12.1 Å². The fourth-order valence-corrected chi connectivity index (χ4v) is 2.45. The van der Waals surface area contributed by atoms with Crippen LogP contribution < -0.4 is 10.1 Å². The Bertz CT molecular complexity index is 549. The Morgan fingerprint density at radius 1 is 0.905 bits per heavy atom. The van der Waals surface area contributed by atoms with Crippen LogP contribution in [0.1, 0.15) is 25.7 Å². The van der Waals surface area contributed by atoms with Gasteiger partial charge in [0, 0.05) is 11.6 Å². The van der Waals surface area contributed by atoms with E-state index < -0.39 is 0 Å². The van der Waals surface area contributed by atoms with Crippen molar-refractivity contribution in [2.75, 3.05) is 13.2 Å². The van der Waals surface area contributed by atoms with Gasteiger partial charge in [-0.25, -0.2) is 0 Å². The molecule has 0 heterocycles. The van der Waals surface area contributed by atoms with Gasteiger partial charge in [0.1, 0.15) is 5.75 Å². The Morgan fingerprint density at radius 3 is 2.48 bits per heavy atom. The van der Waals surface area contributed by atoms with Crippen LogP contribution >= 0.6 is 0 Å². The minimum Gasteiger partial charge on any atom is -0.493 e. The molecule has 1 N–H and O–H groups in total. The largest absolute Gasteiger partial charge is 0.493 e. The van der Waals surface area contributed by atoms with Crippen molar-refractivity contribution >= 4 is 0 Å². The summed E-state index contributed by atoms with van der Waals surface area (Å²) in [6.07, 6.45) is 5.01. The molecule has 0 spiro atoms. The lowest BCUT2D eigenvalue weighted by molar-refractivity contribution is 0.307. The van der Waals surface area contributed by atoms with Gasteiger partial charge in [-0.3, -0.25) is 0 Å². The van der Waals surface area contributed by atoms with E-state index in [2.05, 4.69) is 47.8 Å². The third-order valence-electron chi connectivity index (χ3n) is 3.81. The minimum atomic E-state index is 0.788. The first-order valence-corrected chi connectivity index (χ1v) is 7.94. The molecule has 2 heteroatoms. The van der Waals surface area contributed by atoms with Crippen LogP contribution in [0.15, 0.2) is 54.6 Å². The molecule has 0 amide bonds. The molecule has 1 fully saturated rings. The molecule has 2 nitrogen and oxygen atoms in total. The maximum atomic E-state index is 5.99. The van der Waals surface area contributed by atoms with Gasteiger partial charge in [0.15, 0.2) is 0 Å². The average Bonchev–Trinajstić information content (AvgIpc) is 3.36. The Balaban J connectivity index is 1.50. The quantitative estimate of drug-likeness (QED) is 0.730. The van der Waals surface area contributed by atoms with Crippen LogP contribution in [0.25, 0.3) is 11.1 Å². The van der Waals surface area contributed by atoms with Gasteiger partial charge in [0.2, 0.25) is 0 Å². The van der Waals surface area contributed by atoms with Crippen molar-refractivity contribution in [2.45, 2.75) is 31.7 Å². The van der Waals surface area contributed by atoms with Crippen molar-refractivity contribution in [3.8, 4) is 16.9 Å². The summed E-state index contributed by atoms with van der Waals surface area (Å²) in [6, 6.07) is 19.5. The molecule has 0 aromatic heterocycles. The SMILES string of the molecule is c1ccc(-c2ccccc2OCCCCNC2CC2)cc1. The highest BCUT2D eigenvalue weighted by atomic mass is 16.5. The first kappa shape index (κ1) is 14.2. The number of rotatable bonds is 8. The van der Waals surface area contributed by atoms with Crippen LogP contribution in [0, 0.1) is 0 Å². The van der Waals surface area contributed by atoms with E-state index in [1.54, 1.807) is 0 Å². The second kappa shape index (κ2) is 7.28. The van der Waals surface area contributed by atoms with Crippen molar-refractivity contribution in [3.63, 3.8) is 0 Å². The average molecular weight is 281 g/mol. The zero-order valence-corrected chi connectivity index (χ0v) is 12.4. The second-order valence-corrected chi connectivity index (χ2v) is 5.65. The first-order valence-electron chi connectivity index (χ1n) is 7.94. The number of hydrogen-bond acceptors (Lipinski definition) is 2. The molecular weight excluding hydrogens is 258 g/mol. The molecule has 21 heavy (non-hydrogen) atoms. The number of benzene rings is 2. The normalized spacial score (nSPS) is 14.1. The Hall–Kier alpha value is -1.80. The smallest absolute Gasteiger partial charge is 0.127 e. The highest BCUT2D eigenvalue weighted by molar-refractivity contribution is 5.70. The Morgan fingerprint density at radius 2 is 1.67 bits per heavy atom. The fraction of sp³-hybridized carbons (Fsp3) is 0.368. The van der Waals surface area contributed by atoms with Gasteiger partial charge >= 0.3 is 0 Å². The summed E-state index contributed by atoms with van der Waals surface area (Å²) in [5.41, 5.74) is 2.39. The van der Waals surface area contributed by atoms with Gasteiger partial charge in [0.25, 0.3) is 0 Å². The summed E-state index contributed by atoms with van der Waals surface area (Å²) >= 11 is 0. The summed E-state index contributed by atoms with van der Waals surface area (Å²) in [6.45, 7) is 1.91. The summed E-state index contributed by atoms with van der Waals surface area (Å²) in [5.74, 6) is 0.985. The summed E-state index contributed by atoms with van der Waals surface area (Å²) < 4.78 is 5.99. The highest BCUT2D eigenvalue weighted by Gasteiger charge is 2.19. The van der Waals surface area contributed by atoms with E-state index in [-0.39, 0.29) is 0 Å². The summed E-state index contributed by atoms with van der Waals surface area (Å²) in [4.78, 5) is 0. The molecule has 0 radical (unpaired) electrons. The van der Waals surface area contributed by atoms with E-state index in [0.29, 0.717) is 0 Å². The molecule has 0 bridgehead atoms. The molecular formula is C19H23NO. The molecule has 0 unspecified atom stereocenters. The lowest BCUT2D eigenvalue weighted by atomic mass is 10.1. The van der Waals surface area contributed by atoms with Crippen molar-refractivity contribution < 1.29 is 4.74 Å². The van der Waals surface area contributed by atoms with Gasteiger partial charge in [-0.05, 0) is 43.9 Å². The molecule has 1 aliphatic rings. The summed E-state index contributed by atoms with van der Waals surface area (Å²) in [7, 11) is 0. The maximum absolute atomic E-state index is 5.99.